The van der Waals surface area contributed by atoms with Crippen LogP contribution in [0.25, 0.3) is 0 Å². The minimum Gasteiger partial charge on any atom is -0.306 e. The molecule has 0 radical (unpaired) electrons. The van der Waals surface area contributed by atoms with Crippen molar-refractivity contribution in [3.8, 4) is 0 Å². The van der Waals surface area contributed by atoms with Crippen LogP contribution in [-0.4, -0.2) is 25.0 Å². The summed E-state index contributed by atoms with van der Waals surface area (Å²) in [5.41, 5.74) is 0. The molecule has 0 bridgehead atoms. The van der Waals surface area contributed by atoms with Gasteiger partial charge in [0.2, 0.25) is 0 Å². The van der Waals surface area contributed by atoms with Crippen molar-refractivity contribution in [1.82, 2.24) is 4.90 Å². The van der Waals surface area contributed by atoms with Gasteiger partial charge in [0.25, 0.3) is 0 Å². The van der Waals surface area contributed by atoms with Crippen LogP contribution < -0.4 is 0 Å². The molecule has 1 nitrogen and oxygen atoms in total. The summed E-state index contributed by atoms with van der Waals surface area (Å²) >= 11 is 0. The summed E-state index contributed by atoms with van der Waals surface area (Å²) in [6.45, 7) is 4.60. The van der Waals surface area contributed by atoms with E-state index in [-0.39, 0.29) is 0 Å². The van der Waals surface area contributed by atoms with Crippen LogP contribution >= 0.6 is 0 Å². The summed E-state index contributed by atoms with van der Waals surface area (Å²) in [4.78, 5) is 2.44. The van der Waals surface area contributed by atoms with Crippen LogP contribution in [0.1, 0.15) is 149 Å². The first kappa shape index (κ1) is 28.7. The van der Waals surface area contributed by atoms with E-state index in [0.717, 1.165) is 17.9 Å². The number of rotatable bonds is 23. The predicted octanol–water partition coefficient (Wildman–Crippen LogP) is 9.95. The zero-order valence-corrected chi connectivity index (χ0v) is 22.2. The first-order valence-corrected chi connectivity index (χ1v) is 14.5. The lowest BCUT2D eigenvalue weighted by Crippen LogP contribution is -2.27. The highest BCUT2D eigenvalue weighted by atomic mass is 15.1. The zero-order valence-electron chi connectivity index (χ0n) is 22.2. The molecular weight excluding hydrogens is 374 g/mol. The van der Waals surface area contributed by atoms with Crippen molar-refractivity contribution < 1.29 is 0 Å². The molecule has 3 unspecified atom stereocenters. The highest BCUT2D eigenvalue weighted by Crippen LogP contribution is 2.45. The SMILES string of the molecule is CCCCCC/C=C\CC(CCCCCCCCCC1CC1CCCCCC)N(C)C. The first-order valence-electron chi connectivity index (χ1n) is 14.5. The van der Waals surface area contributed by atoms with Crippen molar-refractivity contribution in [1.29, 1.82) is 0 Å². The predicted molar refractivity (Wildman–Crippen MR) is 142 cm³/mol. The zero-order chi connectivity index (χ0) is 22.6. The third-order valence-electron chi connectivity index (χ3n) is 7.64. The molecule has 0 heterocycles. The Bertz CT molecular complexity index is 399. The molecular formula is C30H59N. The molecule has 0 amide bonds. The maximum atomic E-state index is 2.45. The third-order valence-corrected chi connectivity index (χ3v) is 7.64. The fraction of sp³-hybridized carbons (Fsp3) is 0.933. The maximum absolute atomic E-state index is 2.45. The molecule has 1 fully saturated rings. The van der Waals surface area contributed by atoms with Gasteiger partial charge in [0.05, 0.1) is 0 Å². The molecule has 3 atom stereocenters. The lowest BCUT2D eigenvalue weighted by Gasteiger charge is -2.23. The Morgan fingerprint density at radius 2 is 1.16 bits per heavy atom. The second kappa shape index (κ2) is 20.3. The fourth-order valence-electron chi connectivity index (χ4n) is 5.17. The normalized spacial score (nSPS) is 19.5. The number of hydrogen-bond acceptors (Lipinski definition) is 1. The van der Waals surface area contributed by atoms with Crippen molar-refractivity contribution in [2.24, 2.45) is 11.8 Å². The molecule has 0 saturated heterocycles. The van der Waals surface area contributed by atoms with Crippen molar-refractivity contribution in [2.45, 2.75) is 155 Å². The van der Waals surface area contributed by atoms with E-state index in [2.05, 4.69) is 45.0 Å². The fourth-order valence-corrected chi connectivity index (χ4v) is 5.17. The number of allylic oxidation sites excluding steroid dienone is 1. The molecule has 0 aromatic rings. The van der Waals surface area contributed by atoms with E-state index in [1.54, 1.807) is 6.42 Å². The van der Waals surface area contributed by atoms with Gasteiger partial charge in [-0.05, 0) is 58.0 Å². The van der Waals surface area contributed by atoms with Gasteiger partial charge in [-0.1, -0.05) is 129 Å². The average Bonchev–Trinajstić information content (AvgIpc) is 3.51. The molecule has 1 aliphatic rings. The van der Waals surface area contributed by atoms with Crippen LogP contribution in [0.2, 0.25) is 0 Å². The van der Waals surface area contributed by atoms with Crippen LogP contribution in [0, 0.1) is 11.8 Å². The van der Waals surface area contributed by atoms with Crippen LogP contribution in [0.4, 0.5) is 0 Å². The van der Waals surface area contributed by atoms with Crippen molar-refractivity contribution >= 4 is 0 Å². The number of nitrogens with zero attached hydrogens (tertiary/aromatic N) is 1. The van der Waals surface area contributed by atoms with Crippen molar-refractivity contribution in [3.05, 3.63) is 12.2 Å². The Balaban J connectivity index is 1.89. The van der Waals surface area contributed by atoms with Crippen LogP contribution in [-0.2, 0) is 0 Å². The number of hydrogen-bond donors (Lipinski definition) is 0. The Hall–Kier alpha value is -0.300. The molecule has 0 aromatic heterocycles. The minimum absolute atomic E-state index is 0.736. The third kappa shape index (κ3) is 16.9. The van der Waals surface area contributed by atoms with E-state index in [9.17, 15) is 0 Å². The van der Waals surface area contributed by atoms with E-state index in [1.165, 1.54) is 128 Å². The van der Waals surface area contributed by atoms with E-state index in [4.69, 9.17) is 0 Å². The average molecular weight is 434 g/mol. The van der Waals surface area contributed by atoms with Crippen LogP contribution in [0.15, 0.2) is 12.2 Å². The van der Waals surface area contributed by atoms with Gasteiger partial charge >= 0.3 is 0 Å². The first-order chi connectivity index (χ1) is 15.2. The summed E-state index contributed by atoms with van der Waals surface area (Å²) in [7, 11) is 4.52. The molecule has 0 N–H and O–H groups in total. The van der Waals surface area contributed by atoms with Gasteiger partial charge in [-0.25, -0.2) is 0 Å². The second-order valence-electron chi connectivity index (χ2n) is 10.8. The van der Waals surface area contributed by atoms with Crippen LogP contribution in [0.3, 0.4) is 0 Å². The minimum atomic E-state index is 0.736. The summed E-state index contributed by atoms with van der Waals surface area (Å²) in [5, 5.41) is 0. The van der Waals surface area contributed by atoms with Gasteiger partial charge in [0, 0.05) is 6.04 Å². The molecule has 0 aromatic carbocycles. The monoisotopic (exact) mass is 433 g/mol. The van der Waals surface area contributed by atoms with Crippen LogP contribution in [0.5, 0.6) is 0 Å². The smallest absolute Gasteiger partial charge is 0.0124 e. The van der Waals surface area contributed by atoms with Gasteiger partial charge in [0.15, 0.2) is 0 Å². The second-order valence-corrected chi connectivity index (χ2v) is 10.8. The molecule has 1 rings (SSSR count). The highest BCUT2D eigenvalue weighted by Gasteiger charge is 2.34. The summed E-state index contributed by atoms with van der Waals surface area (Å²) in [6, 6.07) is 0.736. The van der Waals surface area contributed by atoms with Gasteiger partial charge in [0.1, 0.15) is 0 Å². The summed E-state index contributed by atoms with van der Waals surface area (Å²) in [6.07, 6.45) is 35.0. The molecule has 0 aliphatic heterocycles. The summed E-state index contributed by atoms with van der Waals surface area (Å²) in [5.74, 6) is 2.24. The lowest BCUT2D eigenvalue weighted by atomic mass is 10.0. The largest absolute Gasteiger partial charge is 0.306 e. The Labute approximate surface area is 197 Å². The quantitative estimate of drug-likeness (QED) is 0.114. The van der Waals surface area contributed by atoms with Crippen molar-refractivity contribution in [3.63, 3.8) is 0 Å². The topological polar surface area (TPSA) is 3.24 Å². The van der Waals surface area contributed by atoms with E-state index in [1.807, 2.05) is 0 Å². The maximum Gasteiger partial charge on any atom is 0.0124 e. The van der Waals surface area contributed by atoms with Gasteiger partial charge in [-0.3, -0.25) is 0 Å². The molecule has 184 valence electrons. The van der Waals surface area contributed by atoms with E-state index in [0.29, 0.717) is 0 Å². The Morgan fingerprint density at radius 1 is 0.645 bits per heavy atom. The molecule has 0 spiro atoms. The molecule has 31 heavy (non-hydrogen) atoms. The number of unbranched alkanes of at least 4 members (excludes halogenated alkanes) is 13. The van der Waals surface area contributed by atoms with Gasteiger partial charge in [-0.15, -0.1) is 0 Å². The standard InChI is InChI=1S/C30H59N/c1-5-7-9-11-13-17-21-25-30(31(3)4)26-22-18-15-12-14-16-20-24-29-27-28(29)23-19-10-8-6-2/h17,21,28-30H,5-16,18-20,22-27H2,1-4H3/b21-17-. The van der Waals surface area contributed by atoms with E-state index < -0.39 is 0 Å². The van der Waals surface area contributed by atoms with Gasteiger partial charge < -0.3 is 4.90 Å². The lowest BCUT2D eigenvalue weighted by molar-refractivity contribution is 0.273. The van der Waals surface area contributed by atoms with E-state index >= 15 is 0 Å². The van der Waals surface area contributed by atoms with Crippen molar-refractivity contribution in [2.75, 3.05) is 14.1 Å². The Morgan fingerprint density at radius 3 is 1.74 bits per heavy atom. The molecule has 1 saturated carbocycles. The highest BCUT2D eigenvalue weighted by molar-refractivity contribution is 4.87. The van der Waals surface area contributed by atoms with Gasteiger partial charge in [-0.2, -0.15) is 0 Å². The Kier molecular flexibility index (Phi) is 18.8. The molecule has 1 heteroatoms. The molecule has 1 aliphatic carbocycles. The summed E-state index contributed by atoms with van der Waals surface area (Å²) < 4.78 is 0.